The Labute approximate surface area is 128 Å². The minimum Gasteiger partial charge on any atom is -0.490 e. The summed E-state index contributed by atoms with van der Waals surface area (Å²) in [5.41, 5.74) is 1.26. The molecule has 1 fully saturated rings. The second-order valence-corrected chi connectivity index (χ2v) is 5.55. The normalized spacial score (nSPS) is 15.8. The summed E-state index contributed by atoms with van der Waals surface area (Å²) >= 11 is 0. The third-order valence-corrected chi connectivity index (χ3v) is 3.80. The van der Waals surface area contributed by atoms with E-state index < -0.39 is 0 Å². The summed E-state index contributed by atoms with van der Waals surface area (Å²) < 4.78 is 11.4. The molecule has 21 heavy (non-hydrogen) atoms. The second kappa shape index (κ2) is 9.59. The summed E-state index contributed by atoms with van der Waals surface area (Å²) in [7, 11) is 0. The summed E-state index contributed by atoms with van der Waals surface area (Å²) in [5, 5.41) is 3.42. The van der Waals surface area contributed by atoms with Crippen LogP contribution in [-0.2, 0) is 11.3 Å². The van der Waals surface area contributed by atoms with E-state index in [0.29, 0.717) is 12.7 Å². The van der Waals surface area contributed by atoms with Crippen LogP contribution in [0.1, 0.15) is 37.7 Å². The summed E-state index contributed by atoms with van der Waals surface area (Å²) in [5.74, 6) is 0.888. The molecule has 0 aliphatic heterocycles. The van der Waals surface area contributed by atoms with Crippen LogP contribution in [0.2, 0.25) is 0 Å². The Balaban J connectivity index is 1.56. The lowest BCUT2D eigenvalue weighted by molar-refractivity contribution is 0.0302. The minimum absolute atomic E-state index is 0.502. The van der Waals surface area contributed by atoms with Gasteiger partial charge in [0, 0.05) is 13.1 Å². The van der Waals surface area contributed by atoms with Crippen LogP contribution in [0.5, 0.6) is 5.75 Å². The van der Waals surface area contributed by atoms with Crippen molar-refractivity contribution in [1.29, 1.82) is 0 Å². The molecule has 0 saturated heterocycles. The number of hydrogen-bond donors (Lipinski definition) is 1. The highest BCUT2D eigenvalue weighted by Gasteiger charge is 2.12. The van der Waals surface area contributed by atoms with E-state index in [4.69, 9.17) is 9.47 Å². The van der Waals surface area contributed by atoms with Gasteiger partial charge in [-0.15, -0.1) is 0 Å². The van der Waals surface area contributed by atoms with Crippen molar-refractivity contribution >= 4 is 0 Å². The monoisotopic (exact) mass is 289 g/mol. The molecule has 1 saturated carbocycles. The first-order valence-electron chi connectivity index (χ1n) is 8.03. The van der Waals surface area contributed by atoms with E-state index in [2.05, 4.69) is 24.0 Å². The van der Waals surface area contributed by atoms with Gasteiger partial charge in [-0.05, 0) is 30.5 Å². The molecule has 3 nitrogen and oxygen atoms in total. The van der Waals surface area contributed by atoms with Crippen molar-refractivity contribution in [2.75, 3.05) is 19.8 Å². The van der Waals surface area contributed by atoms with Crippen LogP contribution < -0.4 is 10.1 Å². The zero-order valence-corrected chi connectivity index (χ0v) is 12.9. The molecule has 1 aliphatic carbocycles. The fourth-order valence-corrected chi connectivity index (χ4v) is 2.62. The van der Waals surface area contributed by atoms with Crippen LogP contribution >= 0.6 is 0 Å². The minimum atomic E-state index is 0.502. The van der Waals surface area contributed by atoms with Crippen LogP contribution in [0.25, 0.3) is 0 Å². The van der Waals surface area contributed by atoms with Gasteiger partial charge in [-0.1, -0.05) is 44.1 Å². The molecule has 1 aliphatic rings. The molecule has 116 valence electrons. The third-order valence-electron chi connectivity index (χ3n) is 3.80. The number of nitrogens with one attached hydrogen (secondary N) is 1. The predicted molar refractivity (Wildman–Crippen MR) is 86.7 cm³/mol. The zero-order chi connectivity index (χ0) is 14.8. The van der Waals surface area contributed by atoms with E-state index in [9.17, 15) is 0 Å². The molecule has 0 aromatic heterocycles. The first kappa shape index (κ1) is 16.1. The van der Waals surface area contributed by atoms with Crippen molar-refractivity contribution in [2.45, 2.75) is 44.8 Å². The molecule has 1 aromatic rings. The van der Waals surface area contributed by atoms with Gasteiger partial charge in [0.1, 0.15) is 12.4 Å². The van der Waals surface area contributed by atoms with Gasteiger partial charge in [-0.3, -0.25) is 0 Å². The second-order valence-electron chi connectivity index (χ2n) is 5.55. The highest BCUT2D eigenvalue weighted by molar-refractivity contribution is 5.27. The van der Waals surface area contributed by atoms with Crippen LogP contribution in [-0.4, -0.2) is 25.9 Å². The van der Waals surface area contributed by atoms with Gasteiger partial charge in [0.15, 0.2) is 0 Å². The molecule has 1 aromatic carbocycles. The average molecular weight is 289 g/mol. The Morgan fingerprint density at radius 3 is 2.62 bits per heavy atom. The first-order chi connectivity index (χ1) is 10.4. The van der Waals surface area contributed by atoms with Crippen molar-refractivity contribution in [1.82, 2.24) is 5.32 Å². The first-order valence-corrected chi connectivity index (χ1v) is 8.03. The van der Waals surface area contributed by atoms with Gasteiger partial charge in [0.05, 0.1) is 12.7 Å². The lowest BCUT2D eigenvalue weighted by Gasteiger charge is -2.22. The van der Waals surface area contributed by atoms with Crippen LogP contribution in [0.3, 0.4) is 0 Å². The summed E-state index contributed by atoms with van der Waals surface area (Å²) in [6, 6.07) is 8.18. The van der Waals surface area contributed by atoms with Crippen molar-refractivity contribution in [2.24, 2.45) is 0 Å². The molecule has 0 unspecified atom stereocenters. The molecule has 2 rings (SSSR count). The van der Waals surface area contributed by atoms with Crippen molar-refractivity contribution < 1.29 is 9.47 Å². The van der Waals surface area contributed by atoms with E-state index in [-0.39, 0.29) is 0 Å². The summed E-state index contributed by atoms with van der Waals surface area (Å²) in [4.78, 5) is 0. The van der Waals surface area contributed by atoms with Gasteiger partial charge >= 0.3 is 0 Å². The Bertz CT molecular complexity index is 396. The number of benzene rings is 1. The van der Waals surface area contributed by atoms with Crippen molar-refractivity contribution in [3.63, 3.8) is 0 Å². The smallest absolute Gasteiger partial charge is 0.119 e. The molecule has 3 heteroatoms. The van der Waals surface area contributed by atoms with Gasteiger partial charge in [0.25, 0.3) is 0 Å². The molecule has 1 N–H and O–H groups in total. The molecule has 0 atom stereocenters. The average Bonchev–Trinajstić information content (AvgIpc) is 2.55. The Hall–Kier alpha value is -1.32. The topological polar surface area (TPSA) is 30.5 Å². The maximum absolute atomic E-state index is 5.89. The van der Waals surface area contributed by atoms with Crippen molar-refractivity contribution in [3.8, 4) is 5.75 Å². The molecular weight excluding hydrogens is 262 g/mol. The Morgan fingerprint density at radius 2 is 1.90 bits per heavy atom. The van der Waals surface area contributed by atoms with Crippen molar-refractivity contribution in [3.05, 3.63) is 42.5 Å². The van der Waals surface area contributed by atoms with Crippen LogP contribution in [0.4, 0.5) is 0 Å². The van der Waals surface area contributed by atoms with E-state index in [1.165, 1.54) is 37.7 Å². The summed E-state index contributed by atoms with van der Waals surface area (Å²) in [6.45, 7) is 6.78. The van der Waals surface area contributed by atoms with E-state index in [1.54, 1.807) is 6.08 Å². The standard InChI is InChI=1S/C18H27NO2/c1-2-13-20-18-10-8-16(9-11-18)15-19-12-14-21-17-6-4-3-5-7-17/h2,8-11,17,19H,1,3-7,12-15H2. The number of rotatable bonds is 9. The predicted octanol–water partition coefficient (Wildman–Crippen LogP) is 3.69. The number of ether oxygens (including phenoxy) is 2. The maximum atomic E-state index is 5.89. The number of hydrogen-bond acceptors (Lipinski definition) is 3. The van der Waals surface area contributed by atoms with Gasteiger partial charge in [-0.25, -0.2) is 0 Å². The maximum Gasteiger partial charge on any atom is 0.119 e. The lowest BCUT2D eigenvalue weighted by atomic mass is 9.98. The van der Waals surface area contributed by atoms with Gasteiger partial charge in [0.2, 0.25) is 0 Å². The highest BCUT2D eigenvalue weighted by Crippen LogP contribution is 2.19. The Morgan fingerprint density at radius 1 is 1.14 bits per heavy atom. The molecule has 0 heterocycles. The third kappa shape index (κ3) is 6.32. The lowest BCUT2D eigenvalue weighted by Crippen LogP contribution is -2.24. The van der Waals surface area contributed by atoms with Gasteiger partial charge < -0.3 is 14.8 Å². The van der Waals surface area contributed by atoms with Crippen LogP contribution in [0, 0.1) is 0 Å². The van der Waals surface area contributed by atoms with E-state index in [0.717, 1.165) is 25.4 Å². The molecule has 0 radical (unpaired) electrons. The van der Waals surface area contributed by atoms with E-state index >= 15 is 0 Å². The fraction of sp³-hybridized carbons (Fsp3) is 0.556. The van der Waals surface area contributed by atoms with E-state index in [1.807, 2.05) is 12.1 Å². The van der Waals surface area contributed by atoms with Gasteiger partial charge in [-0.2, -0.15) is 0 Å². The quantitative estimate of drug-likeness (QED) is 0.555. The fourth-order valence-electron chi connectivity index (χ4n) is 2.62. The molecule has 0 spiro atoms. The Kier molecular flexibility index (Phi) is 7.33. The SMILES string of the molecule is C=CCOc1ccc(CNCCOC2CCCCC2)cc1. The molecule has 0 amide bonds. The highest BCUT2D eigenvalue weighted by atomic mass is 16.5. The molecule has 0 bridgehead atoms. The van der Waals surface area contributed by atoms with Crippen LogP contribution in [0.15, 0.2) is 36.9 Å². The zero-order valence-electron chi connectivity index (χ0n) is 12.9. The summed E-state index contributed by atoms with van der Waals surface area (Å²) in [6.07, 6.45) is 8.78. The largest absolute Gasteiger partial charge is 0.490 e. The molecular formula is C18H27NO2.